The van der Waals surface area contributed by atoms with E-state index in [0.29, 0.717) is 28.7 Å². The Balaban J connectivity index is 1.79. The molecule has 0 spiro atoms. The number of carbonyl (C=O) groups excluding carboxylic acids is 1. The fourth-order valence-electron chi connectivity index (χ4n) is 2.87. The highest BCUT2D eigenvalue weighted by Gasteiger charge is 2.27. The summed E-state index contributed by atoms with van der Waals surface area (Å²) in [6.07, 6.45) is 4.79. The molecule has 1 aromatic rings. The molecule has 110 valence electrons. The number of nitrogens with one attached hydrogen (secondary N) is 2. The second-order valence-electron chi connectivity index (χ2n) is 6.37. The van der Waals surface area contributed by atoms with E-state index in [1.54, 1.807) is 6.07 Å². The van der Waals surface area contributed by atoms with E-state index < -0.39 is 0 Å². The predicted octanol–water partition coefficient (Wildman–Crippen LogP) is 3.84. The van der Waals surface area contributed by atoms with Gasteiger partial charge in [0, 0.05) is 6.04 Å². The summed E-state index contributed by atoms with van der Waals surface area (Å²) in [6, 6.07) is 7.73. The maximum Gasteiger partial charge on any atom is 0.238 e. The van der Waals surface area contributed by atoms with Gasteiger partial charge in [-0.1, -0.05) is 44.0 Å². The summed E-state index contributed by atoms with van der Waals surface area (Å²) in [5, 5.41) is 6.77. The lowest BCUT2D eigenvalue weighted by molar-refractivity contribution is -0.115. The Labute approximate surface area is 126 Å². The lowest BCUT2D eigenvalue weighted by atomic mass is 9.75. The number of halogens is 1. The van der Waals surface area contributed by atoms with Crippen LogP contribution in [0.15, 0.2) is 24.3 Å². The van der Waals surface area contributed by atoms with Gasteiger partial charge in [0.2, 0.25) is 5.91 Å². The van der Waals surface area contributed by atoms with E-state index in [1.807, 2.05) is 18.2 Å². The summed E-state index contributed by atoms with van der Waals surface area (Å²) < 4.78 is 0. The average Bonchev–Trinajstić information content (AvgIpc) is 2.38. The number of anilines is 1. The second-order valence-corrected chi connectivity index (χ2v) is 6.77. The van der Waals surface area contributed by atoms with Crippen LogP contribution in [-0.4, -0.2) is 18.5 Å². The zero-order chi connectivity index (χ0) is 14.6. The molecule has 1 aliphatic rings. The number of benzene rings is 1. The van der Waals surface area contributed by atoms with E-state index in [2.05, 4.69) is 24.5 Å². The number of hydrogen-bond acceptors (Lipinski definition) is 2. The van der Waals surface area contributed by atoms with E-state index in [1.165, 1.54) is 12.8 Å². The van der Waals surface area contributed by atoms with Gasteiger partial charge in [0.1, 0.15) is 0 Å². The standard InChI is InChI=1S/C16H23ClN2O/c1-16(2)9-5-6-12(10-16)18-11-15(20)19-14-8-4-3-7-13(14)17/h3-4,7-8,12,18H,5-6,9-11H2,1-2H3,(H,19,20). The minimum atomic E-state index is -0.0403. The summed E-state index contributed by atoms with van der Waals surface area (Å²) in [5.74, 6) is -0.0403. The normalized spacial score (nSPS) is 21.4. The number of carbonyl (C=O) groups is 1. The van der Waals surface area contributed by atoms with Gasteiger partial charge in [-0.15, -0.1) is 0 Å². The Bertz CT molecular complexity index is 473. The van der Waals surface area contributed by atoms with Crippen LogP contribution in [0.25, 0.3) is 0 Å². The first kappa shape index (κ1) is 15.3. The lowest BCUT2D eigenvalue weighted by Gasteiger charge is -2.35. The van der Waals surface area contributed by atoms with Crippen LogP contribution in [0.3, 0.4) is 0 Å². The Morgan fingerprint density at radius 3 is 2.85 bits per heavy atom. The van der Waals surface area contributed by atoms with Gasteiger partial charge in [0.05, 0.1) is 17.3 Å². The number of hydrogen-bond donors (Lipinski definition) is 2. The smallest absolute Gasteiger partial charge is 0.238 e. The zero-order valence-corrected chi connectivity index (χ0v) is 13.0. The lowest BCUT2D eigenvalue weighted by Crippen LogP contribution is -2.41. The second kappa shape index (κ2) is 6.59. The van der Waals surface area contributed by atoms with Gasteiger partial charge in [-0.3, -0.25) is 4.79 Å². The maximum absolute atomic E-state index is 11.9. The number of amides is 1. The molecule has 2 rings (SSSR count). The highest BCUT2D eigenvalue weighted by Crippen LogP contribution is 2.34. The van der Waals surface area contributed by atoms with Crippen molar-refractivity contribution in [3.63, 3.8) is 0 Å². The third-order valence-corrected chi connectivity index (χ3v) is 4.23. The molecule has 0 saturated heterocycles. The molecule has 1 amide bonds. The monoisotopic (exact) mass is 294 g/mol. The van der Waals surface area contributed by atoms with Crippen molar-refractivity contribution in [1.29, 1.82) is 0 Å². The van der Waals surface area contributed by atoms with Crippen molar-refractivity contribution in [2.75, 3.05) is 11.9 Å². The van der Waals surface area contributed by atoms with Crippen LogP contribution in [0, 0.1) is 5.41 Å². The first-order valence-electron chi connectivity index (χ1n) is 7.24. The first-order valence-corrected chi connectivity index (χ1v) is 7.62. The van der Waals surface area contributed by atoms with Crippen LogP contribution in [0.5, 0.6) is 0 Å². The Morgan fingerprint density at radius 1 is 1.40 bits per heavy atom. The molecule has 4 heteroatoms. The van der Waals surface area contributed by atoms with E-state index >= 15 is 0 Å². The van der Waals surface area contributed by atoms with Crippen LogP contribution in [-0.2, 0) is 4.79 Å². The van der Waals surface area contributed by atoms with Crippen molar-refractivity contribution < 1.29 is 4.79 Å². The fraction of sp³-hybridized carbons (Fsp3) is 0.562. The molecule has 2 N–H and O–H groups in total. The summed E-state index contributed by atoms with van der Waals surface area (Å²) in [5.41, 5.74) is 1.06. The van der Waals surface area contributed by atoms with Gasteiger partial charge >= 0.3 is 0 Å². The molecule has 1 unspecified atom stereocenters. The van der Waals surface area contributed by atoms with Crippen LogP contribution in [0.1, 0.15) is 39.5 Å². The van der Waals surface area contributed by atoms with Gasteiger partial charge in [-0.05, 0) is 36.8 Å². The molecule has 3 nitrogen and oxygen atoms in total. The van der Waals surface area contributed by atoms with Gasteiger partial charge < -0.3 is 10.6 Å². The highest BCUT2D eigenvalue weighted by atomic mass is 35.5. The highest BCUT2D eigenvalue weighted by molar-refractivity contribution is 6.33. The molecule has 0 bridgehead atoms. The van der Waals surface area contributed by atoms with Crippen LogP contribution in [0.2, 0.25) is 5.02 Å². The van der Waals surface area contributed by atoms with Crippen LogP contribution < -0.4 is 10.6 Å². The minimum Gasteiger partial charge on any atom is -0.324 e. The van der Waals surface area contributed by atoms with Crippen LogP contribution >= 0.6 is 11.6 Å². The zero-order valence-electron chi connectivity index (χ0n) is 12.2. The van der Waals surface area contributed by atoms with Gasteiger partial charge in [0.25, 0.3) is 0 Å². The molecule has 1 aromatic carbocycles. The van der Waals surface area contributed by atoms with E-state index in [4.69, 9.17) is 11.6 Å². The number of rotatable bonds is 4. The largest absolute Gasteiger partial charge is 0.324 e. The quantitative estimate of drug-likeness (QED) is 0.886. The summed E-state index contributed by atoms with van der Waals surface area (Å²) in [4.78, 5) is 11.9. The Hall–Kier alpha value is -1.06. The molecule has 1 aliphatic carbocycles. The van der Waals surface area contributed by atoms with Gasteiger partial charge in [-0.25, -0.2) is 0 Å². The maximum atomic E-state index is 11.9. The topological polar surface area (TPSA) is 41.1 Å². The first-order chi connectivity index (χ1) is 9.46. The molecule has 1 fully saturated rings. The summed E-state index contributed by atoms with van der Waals surface area (Å²) in [7, 11) is 0. The van der Waals surface area contributed by atoms with Gasteiger partial charge in [-0.2, -0.15) is 0 Å². The van der Waals surface area contributed by atoms with Crippen molar-refractivity contribution in [1.82, 2.24) is 5.32 Å². The molecule has 1 saturated carbocycles. The third-order valence-electron chi connectivity index (χ3n) is 3.90. The van der Waals surface area contributed by atoms with E-state index in [0.717, 1.165) is 12.8 Å². The molecular weight excluding hydrogens is 272 g/mol. The number of para-hydroxylation sites is 1. The van der Waals surface area contributed by atoms with E-state index in [9.17, 15) is 4.79 Å². The molecule has 20 heavy (non-hydrogen) atoms. The van der Waals surface area contributed by atoms with Gasteiger partial charge in [0.15, 0.2) is 0 Å². The SMILES string of the molecule is CC1(C)CCCC(NCC(=O)Nc2ccccc2Cl)C1. The molecule has 0 aliphatic heterocycles. The van der Waals surface area contributed by atoms with Crippen molar-refractivity contribution in [3.8, 4) is 0 Å². The average molecular weight is 295 g/mol. The molecule has 0 aromatic heterocycles. The summed E-state index contributed by atoms with van der Waals surface area (Å²) in [6.45, 7) is 4.93. The van der Waals surface area contributed by atoms with Crippen molar-refractivity contribution >= 4 is 23.2 Å². The minimum absolute atomic E-state index is 0.0403. The predicted molar refractivity (Wildman–Crippen MR) is 84.1 cm³/mol. The van der Waals surface area contributed by atoms with Crippen molar-refractivity contribution in [2.45, 2.75) is 45.6 Å². The van der Waals surface area contributed by atoms with Crippen LogP contribution in [0.4, 0.5) is 5.69 Å². The third kappa shape index (κ3) is 4.50. The Kier molecular flexibility index (Phi) is 5.06. The Morgan fingerprint density at radius 2 is 2.15 bits per heavy atom. The molecule has 0 radical (unpaired) electrons. The molecule has 1 atom stereocenters. The van der Waals surface area contributed by atoms with E-state index in [-0.39, 0.29) is 5.91 Å². The fourth-order valence-corrected chi connectivity index (χ4v) is 3.05. The molecular formula is C16H23ClN2O. The van der Waals surface area contributed by atoms with Crippen molar-refractivity contribution in [3.05, 3.63) is 29.3 Å². The summed E-state index contributed by atoms with van der Waals surface area (Å²) >= 11 is 6.02. The van der Waals surface area contributed by atoms with Crippen molar-refractivity contribution in [2.24, 2.45) is 5.41 Å². The molecule has 0 heterocycles.